The average Bonchev–Trinajstić information content (AvgIpc) is 2.55. The molecule has 0 aliphatic heterocycles. The minimum absolute atomic E-state index is 0.00892. The van der Waals surface area contributed by atoms with E-state index in [1.807, 2.05) is 13.8 Å². The molecule has 0 fully saturated rings. The van der Waals surface area contributed by atoms with Crippen LogP contribution in [0.4, 0.5) is 11.6 Å². The Morgan fingerprint density at radius 2 is 1.92 bits per heavy atom. The third kappa shape index (κ3) is 4.90. The fraction of sp³-hybridized carbons (Fsp3) is 0.294. The van der Waals surface area contributed by atoms with Gasteiger partial charge in [-0.3, -0.25) is 4.79 Å². The molecule has 2 rings (SSSR count). The number of anilines is 2. The van der Waals surface area contributed by atoms with Gasteiger partial charge in [0.1, 0.15) is 5.69 Å². The molecular weight excluding hydrogens is 344 g/mol. The van der Waals surface area contributed by atoms with Crippen molar-refractivity contribution < 1.29 is 14.3 Å². The number of esters is 1. The highest BCUT2D eigenvalue weighted by molar-refractivity contribution is 6.33. The van der Waals surface area contributed by atoms with Crippen molar-refractivity contribution in [1.29, 1.82) is 0 Å². The normalized spacial score (nSPS) is 10.5. The molecule has 1 amide bonds. The van der Waals surface area contributed by atoms with Crippen LogP contribution in [0.1, 0.15) is 40.4 Å². The lowest BCUT2D eigenvalue weighted by Gasteiger charge is -2.12. The van der Waals surface area contributed by atoms with Crippen LogP contribution in [-0.4, -0.2) is 35.0 Å². The average molecular weight is 363 g/mol. The van der Waals surface area contributed by atoms with Gasteiger partial charge in [-0.15, -0.1) is 0 Å². The summed E-state index contributed by atoms with van der Waals surface area (Å²) in [6.07, 6.45) is 0. The summed E-state index contributed by atoms with van der Waals surface area (Å²) in [6, 6.07) is 6.24. The summed E-state index contributed by atoms with van der Waals surface area (Å²) < 4.78 is 4.69. The predicted molar refractivity (Wildman–Crippen MR) is 95.4 cm³/mol. The van der Waals surface area contributed by atoms with E-state index in [1.54, 1.807) is 25.1 Å². The third-order valence-corrected chi connectivity index (χ3v) is 3.47. The topological polar surface area (TPSA) is 93.2 Å². The van der Waals surface area contributed by atoms with E-state index >= 15 is 0 Å². The number of aromatic nitrogens is 2. The van der Waals surface area contributed by atoms with Crippen LogP contribution >= 0.6 is 11.6 Å². The maximum atomic E-state index is 12.1. The van der Waals surface area contributed by atoms with Crippen LogP contribution in [0.25, 0.3) is 0 Å². The van der Waals surface area contributed by atoms with Crippen molar-refractivity contribution in [3.05, 3.63) is 46.2 Å². The first-order valence-corrected chi connectivity index (χ1v) is 7.99. The van der Waals surface area contributed by atoms with Crippen molar-refractivity contribution in [1.82, 2.24) is 15.3 Å². The van der Waals surface area contributed by atoms with Gasteiger partial charge in [0.25, 0.3) is 5.91 Å². The van der Waals surface area contributed by atoms with Gasteiger partial charge < -0.3 is 15.4 Å². The number of halogens is 1. The molecule has 1 aromatic carbocycles. The number of rotatable bonds is 5. The van der Waals surface area contributed by atoms with Gasteiger partial charge in [0.15, 0.2) is 0 Å². The fourth-order valence-electron chi connectivity index (χ4n) is 2.06. The number of methoxy groups -OCH3 is 1. The number of carbonyl (C=O) groups is 2. The van der Waals surface area contributed by atoms with E-state index in [2.05, 4.69) is 20.6 Å². The number of nitrogens with zero attached hydrogens (tertiary/aromatic N) is 2. The number of nitrogens with one attached hydrogen (secondary N) is 2. The molecule has 0 aliphatic carbocycles. The number of carbonyl (C=O) groups excluding carboxylic acids is 2. The molecular formula is C17H19ClN4O3. The summed E-state index contributed by atoms with van der Waals surface area (Å²) in [5.74, 6) is -0.572. The van der Waals surface area contributed by atoms with Crippen molar-refractivity contribution >= 4 is 35.1 Å². The zero-order valence-corrected chi connectivity index (χ0v) is 15.1. The van der Waals surface area contributed by atoms with Crippen LogP contribution in [0.15, 0.2) is 24.3 Å². The monoisotopic (exact) mass is 362 g/mol. The van der Waals surface area contributed by atoms with E-state index in [9.17, 15) is 9.59 Å². The summed E-state index contributed by atoms with van der Waals surface area (Å²) in [7, 11) is 1.30. The predicted octanol–water partition coefficient (Wildman–Crippen LogP) is 3.11. The van der Waals surface area contributed by atoms with Gasteiger partial charge in [0.2, 0.25) is 5.95 Å². The number of hydrogen-bond donors (Lipinski definition) is 2. The summed E-state index contributed by atoms with van der Waals surface area (Å²) in [5.41, 5.74) is 1.63. The first-order valence-electron chi connectivity index (χ1n) is 7.61. The molecule has 0 aliphatic rings. The van der Waals surface area contributed by atoms with E-state index in [0.29, 0.717) is 22.0 Å². The van der Waals surface area contributed by atoms with Crippen LogP contribution in [0.5, 0.6) is 0 Å². The maximum absolute atomic E-state index is 12.1. The van der Waals surface area contributed by atoms with Gasteiger partial charge in [-0.05, 0) is 45.0 Å². The van der Waals surface area contributed by atoms with Gasteiger partial charge in [-0.2, -0.15) is 0 Å². The largest absolute Gasteiger partial charge is 0.465 e. The van der Waals surface area contributed by atoms with Crippen molar-refractivity contribution in [3.63, 3.8) is 0 Å². The molecule has 2 aromatic rings. The molecule has 1 aromatic heterocycles. The molecule has 25 heavy (non-hydrogen) atoms. The molecule has 0 unspecified atom stereocenters. The molecule has 0 saturated carbocycles. The molecule has 0 radical (unpaired) electrons. The van der Waals surface area contributed by atoms with Gasteiger partial charge in [0, 0.05) is 11.7 Å². The molecule has 0 atom stereocenters. The summed E-state index contributed by atoms with van der Waals surface area (Å²) in [5, 5.41) is 6.10. The highest BCUT2D eigenvalue weighted by Crippen LogP contribution is 2.26. The Labute approximate surface area is 150 Å². The maximum Gasteiger partial charge on any atom is 0.337 e. The fourth-order valence-corrected chi connectivity index (χ4v) is 2.23. The lowest BCUT2D eigenvalue weighted by molar-refractivity contribution is 0.0600. The molecule has 2 N–H and O–H groups in total. The van der Waals surface area contributed by atoms with Crippen LogP contribution in [0.2, 0.25) is 5.02 Å². The number of benzene rings is 1. The zero-order chi connectivity index (χ0) is 18.6. The highest BCUT2D eigenvalue weighted by atomic mass is 35.5. The van der Waals surface area contributed by atoms with E-state index in [1.165, 1.54) is 13.2 Å². The van der Waals surface area contributed by atoms with Gasteiger partial charge in [-0.25, -0.2) is 14.8 Å². The van der Waals surface area contributed by atoms with E-state index in [0.717, 1.165) is 0 Å². The summed E-state index contributed by atoms with van der Waals surface area (Å²) >= 11 is 6.16. The number of aryl methyl sites for hydroxylation is 1. The van der Waals surface area contributed by atoms with Crippen LogP contribution < -0.4 is 10.6 Å². The van der Waals surface area contributed by atoms with E-state index in [4.69, 9.17) is 16.3 Å². The van der Waals surface area contributed by atoms with Crippen molar-refractivity contribution in [3.8, 4) is 0 Å². The third-order valence-electron chi connectivity index (χ3n) is 3.14. The first kappa shape index (κ1) is 18.7. The summed E-state index contributed by atoms with van der Waals surface area (Å²) in [4.78, 5) is 32.3. The Bertz CT molecular complexity index is 808. The summed E-state index contributed by atoms with van der Waals surface area (Å²) in [6.45, 7) is 5.48. The van der Waals surface area contributed by atoms with Gasteiger partial charge in [0.05, 0.1) is 23.4 Å². The smallest absolute Gasteiger partial charge is 0.337 e. The number of ether oxygens (including phenoxy) is 1. The Balaban J connectivity index is 2.33. The first-order chi connectivity index (χ1) is 11.8. The molecule has 0 bridgehead atoms. The Morgan fingerprint density at radius 3 is 2.56 bits per heavy atom. The lowest BCUT2D eigenvalue weighted by atomic mass is 10.2. The second-order valence-corrected chi connectivity index (χ2v) is 6.06. The van der Waals surface area contributed by atoms with Crippen molar-refractivity contribution in [2.75, 3.05) is 12.4 Å². The minimum Gasteiger partial charge on any atom is -0.465 e. The SMILES string of the molecule is COC(=O)c1ccc(Cl)c(Nc2nc(C)cc(C(=O)NC(C)C)n2)c1. The van der Waals surface area contributed by atoms with Gasteiger partial charge >= 0.3 is 5.97 Å². The lowest BCUT2D eigenvalue weighted by Crippen LogP contribution is -2.31. The number of hydrogen-bond acceptors (Lipinski definition) is 6. The molecule has 7 nitrogen and oxygen atoms in total. The second-order valence-electron chi connectivity index (χ2n) is 5.66. The quantitative estimate of drug-likeness (QED) is 0.794. The van der Waals surface area contributed by atoms with Crippen LogP contribution in [0.3, 0.4) is 0 Å². The molecule has 132 valence electrons. The Kier molecular flexibility index (Phi) is 5.93. The van der Waals surface area contributed by atoms with Crippen LogP contribution in [-0.2, 0) is 4.74 Å². The molecule has 0 saturated heterocycles. The number of amides is 1. The molecule has 1 heterocycles. The highest BCUT2D eigenvalue weighted by Gasteiger charge is 2.14. The minimum atomic E-state index is -0.484. The van der Waals surface area contributed by atoms with Crippen molar-refractivity contribution in [2.45, 2.75) is 26.8 Å². The molecule has 0 spiro atoms. The van der Waals surface area contributed by atoms with Crippen LogP contribution in [0, 0.1) is 6.92 Å². The Morgan fingerprint density at radius 1 is 1.20 bits per heavy atom. The molecule has 8 heteroatoms. The zero-order valence-electron chi connectivity index (χ0n) is 14.4. The van der Waals surface area contributed by atoms with Crippen molar-refractivity contribution in [2.24, 2.45) is 0 Å². The Hall–Kier alpha value is -2.67. The second kappa shape index (κ2) is 7.94. The van der Waals surface area contributed by atoms with Gasteiger partial charge in [-0.1, -0.05) is 11.6 Å². The van der Waals surface area contributed by atoms with E-state index < -0.39 is 5.97 Å². The van der Waals surface area contributed by atoms with E-state index in [-0.39, 0.29) is 23.6 Å². The standard InChI is InChI=1S/C17H19ClN4O3/c1-9(2)19-15(23)14-7-10(3)20-17(22-14)21-13-8-11(16(24)25-4)5-6-12(13)18/h5-9H,1-4H3,(H,19,23)(H,20,21,22).